The van der Waals surface area contributed by atoms with Gasteiger partial charge in [-0.1, -0.05) is 25.4 Å². The third-order valence-electron chi connectivity index (χ3n) is 7.24. The van der Waals surface area contributed by atoms with Crippen molar-refractivity contribution in [2.24, 2.45) is 5.92 Å². The Labute approximate surface area is 220 Å². The van der Waals surface area contributed by atoms with E-state index in [1.165, 1.54) is 24.3 Å². The smallest absolute Gasteiger partial charge is 0.244 e. The van der Waals surface area contributed by atoms with E-state index in [0.717, 1.165) is 12.8 Å². The van der Waals surface area contributed by atoms with Crippen molar-refractivity contribution in [3.05, 3.63) is 53.6 Å². The Hall–Kier alpha value is -2.94. The second-order valence-corrected chi connectivity index (χ2v) is 9.38. The minimum absolute atomic E-state index is 0.102. The third kappa shape index (κ3) is 6.69. The van der Waals surface area contributed by atoms with Crippen LogP contribution in [0.15, 0.2) is 36.4 Å². The van der Waals surface area contributed by atoms with Gasteiger partial charge in [0.15, 0.2) is 0 Å². The molecule has 1 N–H and O–H groups in total. The van der Waals surface area contributed by atoms with Crippen LogP contribution in [0.25, 0.3) is 0 Å². The van der Waals surface area contributed by atoms with Gasteiger partial charge in [0, 0.05) is 50.9 Å². The molecule has 0 aromatic heterocycles. The summed E-state index contributed by atoms with van der Waals surface area (Å²) in [6.45, 7) is 10.7. The predicted molar refractivity (Wildman–Crippen MR) is 145 cm³/mol. The van der Waals surface area contributed by atoms with Crippen LogP contribution in [0.2, 0.25) is 0 Å². The van der Waals surface area contributed by atoms with Crippen molar-refractivity contribution in [1.29, 1.82) is 0 Å². The van der Waals surface area contributed by atoms with Crippen molar-refractivity contribution in [1.82, 2.24) is 9.80 Å². The molecule has 2 amide bonds. The van der Waals surface area contributed by atoms with E-state index in [2.05, 4.69) is 5.32 Å². The van der Waals surface area contributed by atoms with Gasteiger partial charge < -0.3 is 15.1 Å². The molecule has 1 saturated heterocycles. The van der Waals surface area contributed by atoms with Crippen LogP contribution >= 0.6 is 0 Å². The summed E-state index contributed by atoms with van der Waals surface area (Å²) in [6, 6.07) is 8.13. The maximum absolute atomic E-state index is 15.1. The summed E-state index contributed by atoms with van der Waals surface area (Å²) in [5, 5.41) is 2.81. The lowest BCUT2D eigenvalue weighted by Crippen LogP contribution is -2.52. The lowest BCUT2D eigenvalue weighted by Gasteiger charge is -2.41. The average molecular weight is 510 g/mol. The number of halogens is 2. The van der Waals surface area contributed by atoms with Crippen LogP contribution in [-0.2, 0) is 9.59 Å². The molecule has 1 aliphatic rings. The lowest BCUT2D eigenvalue weighted by atomic mass is 9.85. The number of benzene rings is 2. The lowest BCUT2D eigenvalue weighted by molar-refractivity contribution is -0.137. The van der Waals surface area contributed by atoms with Crippen LogP contribution in [0.1, 0.15) is 52.1 Å². The molecule has 0 aliphatic carbocycles. The molecule has 9 heteroatoms. The minimum atomic E-state index is -0.717. The zero-order valence-electron chi connectivity index (χ0n) is 22.3. The highest BCUT2D eigenvalue weighted by Gasteiger charge is 2.34. The first-order valence-corrected chi connectivity index (χ1v) is 13.2. The summed E-state index contributed by atoms with van der Waals surface area (Å²) in [6.07, 6.45) is 1.46. The van der Waals surface area contributed by atoms with Crippen LogP contribution in [0.3, 0.4) is 0 Å². The predicted octanol–water partition coefficient (Wildman–Crippen LogP) is 3.87. The van der Waals surface area contributed by atoms with Crippen LogP contribution < -0.4 is 15.7 Å². The minimum Gasteiger partial charge on any atom is -0.367 e. The molecule has 1 unspecified atom stereocenters. The summed E-state index contributed by atoms with van der Waals surface area (Å²) >= 11 is 0. The number of hydrogen-bond acceptors (Lipinski definition) is 4. The highest BCUT2D eigenvalue weighted by atomic mass is 19.1. The largest absolute Gasteiger partial charge is 0.367 e. The van der Waals surface area contributed by atoms with Gasteiger partial charge in [-0.05, 0) is 62.6 Å². The van der Waals surface area contributed by atoms with Crippen molar-refractivity contribution in [2.75, 3.05) is 49.5 Å². The van der Waals surface area contributed by atoms with Gasteiger partial charge in [-0.3, -0.25) is 14.5 Å². The Morgan fingerprint density at radius 3 is 2.19 bits per heavy atom. The number of carbonyl (C=O) groups excluding carboxylic acids is 2. The monoisotopic (exact) mass is 510 g/mol. The molecule has 2 aromatic carbocycles. The fraction of sp³-hybridized carbons (Fsp3) is 0.500. The first-order valence-electron chi connectivity index (χ1n) is 13.2. The standard InChI is InChI=1S/C28H37BF2N4O2/c1-5-19(6-2)27(36)32-21-10-12-25(24(31)18-21)34-13-15-35(16-14-34)26(28(37)33(7-3)8-4)22-17-20(30)9-11-23(22)29/h9-12,17-19,26H,5-8,13-16H2,1-4H3,(H,32,36). The van der Waals surface area contributed by atoms with Gasteiger partial charge in [0.2, 0.25) is 11.8 Å². The maximum Gasteiger partial charge on any atom is 0.244 e. The number of likely N-dealkylation sites (N-methyl/N-ethyl adjacent to an activating group) is 1. The number of anilines is 2. The summed E-state index contributed by atoms with van der Waals surface area (Å²) in [5.41, 5.74) is 1.70. The summed E-state index contributed by atoms with van der Waals surface area (Å²) in [7, 11) is 6.19. The second-order valence-electron chi connectivity index (χ2n) is 9.38. The number of nitrogens with zero attached hydrogens (tertiary/aromatic N) is 3. The number of piperazine rings is 1. The topological polar surface area (TPSA) is 55.9 Å². The van der Waals surface area contributed by atoms with Crippen LogP contribution in [-0.4, -0.2) is 68.7 Å². The SMILES string of the molecule is [B]c1ccc(F)cc1C(C(=O)N(CC)CC)N1CCN(c2ccc(NC(=O)C(CC)CC)cc2F)CC1. The molecular weight excluding hydrogens is 473 g/mol. The summed E-state index contributed by atoms with van der Waals surface area (Å²) < 4.78 is 29.2. The van der Waals surface area contributed by atoms with E-state index in [1.54, 1.807) is 17.0 Å². The average Bonchev–Trinajstić information content (AvgIpc) is 2.88. The molecule has 6 nitrogen and oxygen atoms in total. The van der Waals surface area contributed by atoms with Crippen LogP contribution in [0.4, 0.5) is 20.2 Å². The van der Waals surface area contributed by atoms with Crippen LogP contribution in [0.5, 0.6) is 0 Å². The molecule has 198 valence electrons. The van der Waals surface area contributed by atoms with Crippen LogP contribution in [0, 0.1) is 17.6 Å². The Kier molecular flexibility index (Phi) is 10.1. The second kappa shape index (κ2) is 13.0. The Bertz CT molecular complexity index is 1080. The first-order chi connectivity index (χ1) is 17.7. The number of hydrogen-bond donors (Lipinski definition) is 1. The quantitative estimate of drug-likeness (QED) is 0.494. The highest BCUT2D eigenvalue weighted by Crippen LogP contribution is 2.28. The van der Waals surface area contributed by atoms with E-state index < -0.39 is 17.7 Å². The number of nitrogens with one attached hydrogen (secondary N) is 1. The van der Waals surface area contributed by atoms with Crippen molar-refractivity contribution >= 4 is 36.5 Å². The molecule has 3 rings (SSSR count). The Morgan fingerprint density at radius 1 is 0.973 bits per heavy atom. The van der Waals surface area contributed by atoms with E-state index in [4.69, 9.17) is 7.85 Å². The molecule has 2 radical (unpaired) electrons. The van der Waals surface area contributed by atoms with Gasteiger partial charge in [-0.15, -0.1) is 0 Å². The molecular formula is C28H37BF2N4O2. The van der Waals surface area contributed by atoms with E-state index >= 15 is 4.39 Å². The molecule has 2 aromatic rings. The molecule has 0 bridgehead atoms. The first kappa shape index (κ1) is 28.6. The highest BCUT2D eigenvalue weighted by molar-refractivity contribution is 6.33. The molecule has 1 aliphatic heterocycles. The normalized spacial score (nSPS) is 15.1. The fourth-order valence-electron chi connectivity index (χ4n) is 4.94. The van der Waals surface area contributed by atoms with Crippen molar-refractivity contribution < 1.29 is 18.4 Å². The van der Waals surface area contributed by atoms with Crippen molar-refractivity contribution in [3.63, 3.8) is 0 Å². The molecule has 37 heavy (non-hydrogen) atoms. The van der Waals surface area contributed by atoms with Gasteiger partial charge in [0.25, 0.3) is 0 Å². The van der Waals surface area contributed by atoms with Crippen molar-refractivity contribution in [2.45, 2.75) is 46.6 Å². The number of amides is 2. The van der Waals surface area contributed by atoms with Gasteiger partial charge in [-0.25, -0.2) is 8.78 Å². The zero-order chi connectivity index (χ0) is 27.1. The summed E-state index contributed by atoms with van der Waals surface area (Å²) in [5.74, 6) is -1.19. The molecule has 0 spiro atoms. The van der Waals surface area contributed by atoms with Crippen molar-refractivity contribution in [3.8, 4) is 0 Å². The Morgan fingerprint density at radius 2 is 1.62 bits per heavy atom. The fourth-order valence-corrected chi connectivity index (χ4v) is 4.94. The van der Waals surface area contributed by atoms with E-state index in [-0.39, 0.29) is 17.7 Å². The molecule has 1 atom stereocenters. The number of rotatable bonds is 10. The van der Waals surface area contributed by atoms with Gasteiger partial charge >= 0.3 is 0 Å². The van der Waals surface area contributed by atoms with Gasteiger partial charge in [0.05, 0.1) is 5.69 Å². The van der Waals surface area contributed by atoms with Gasteiger partial charge in [0.1, 0.15) is 25.5 Å². The Balaban J connectivity index is 1.76. The third-order valence-corrected chi connectivity index (χ3v) is 7.24. The molecule has 1 heterocycles. The van der Waals surface area contributed by atoms with Gasteiger partial charge in [-0.2, -0.15) is 0 Å². The van der Waals surface area contributed by atoms with E-state index in [0.29, 0.717) is 61.7 Å². The maximum atomic E-state index is 15.1. The number of carbonyl (C=O) groups is 2. The van der Waals surface area contributed by atoms with E-state index in [1.807, 2.05) is 37.5 Å². The molecule has 1 fully saturated rings. The molecule has 0 saturated carbocycles. The summed E-state index contributed by atoms with van der Waals surface area (Å²) in [4.78, 5) is 31.5. The van der Waals surface area contributed by atoms with E-state index in [9.17, 15) is 14.0 Å². The zero-order valence-corrected chi connectivity index (χ0v) is 22.3.